The van der Waals surface area contributed by atoms with Crippen LogP contribution < -0.4 is 0 Å². The molecule has 0 aliphatic rings. The molecule has 0 bridgehead atoms. The van der Waals surface area contributed by atoms with Gasteiger partial charge in [0.15, 0.2) is 5.78 Å². The second kappa shape index (κ2) is 7.16. The van der Waals surface area contributed by atoms with Gasteiger partial charge in [-0.25, -0.2) is 0 Å². The molecule has 0 amide bonds. The second-order valence-corrected chi connectivity index (χ2v) is 3.19. The molecule has 1 aromatic rings. The van der Waals surface area contributed by atoms with Crippen LogP contribution in [0.4, 0.5) is 0 Å². The van der Waals surface area contributed by atoms with Crippen LogP contribution in [0.15, 0.2) is 24.3 Å². The maximum Gasteiger partial charge on any atom is 0.310 e. The summed E-state index contributed by atoms with van der Waals surface area (Å²) in [4.78, 5) is 30.3. The molecule has 0 spiro atoms. The molecule has 0 atom stereocenters. The van der Waals surface area contributed by atoms with Gasteiger partial charge >= 0.3 is 11.9 Å². The van der Waals surface area contributed by atoms with Crippen LogP contribution in [0, 0.1) is 0 Å². The summed E-state index contributed by atoms with van der Waals surface area (Å²) < 4.78 is 3.97. The molecule has 0 aliphatic heterocycles. The molecular weight excluding hydrogens is 224 g/mol. The predicted octanol–water partition coefficient (Wildman–Crippen LogP) is 1.69. The highest BCUT2D eigenvalue weighted by molar-refractivity contribution is 5.94. The van der Waals surface area contributed by atoms with E-state index in [4.69, 9.17) is 5.11 Å². The quantitative estimate of drug-likeness (QED) is 0.457. The zero-order valence-electron chi connectivity index (χ0n) is 9.89. The molecular formula is C12H14O5. The van der Waals surface area contributed by atoms with E-state index in [1.807, 2.05) is 0 Å². The minimum Gasteiger partial charge on any atom is -0.508 e. The van der Waals surface area contributed by atoms with Crippen LogP contribution in [0.2, 0.25) is 0 Å². The minimum absolute atomic E-state index is 0.0139. The lowest BCUT2D eigenvalue weighted by Crippen LogP contribution is -2.03. The van der Waals surface area contributed by atoms with Crippen molar-refractivity contribution in [3.63, 3.8) is 0 Å². The number of esters is 2. The Balaban J connectivity index is 0.000000325. The van der Waals surface area contributed by atoms with Gasteiger partial charge in [-0.05, 0) is 31.2 Å². The first-order chi connectivity index (χ1) is 7.82. The van der Waals surface area contributed by atoms with E-state index in [1.165, 1.54) is 32.9 Å². The van der Waals surface area contributed by atoms with Gasteiger partial charge < -0.3 is 9.84 Å². The average Bonchev–Trinajstić information content (AvgIpc) is 2.16. The Morgan fingerprint density at radius 3 is 1.59 bits per heavy atom. The fourth-order valence-electron chi connectivity index (χ4n) is 0.899. The molecule has 17 heavy (non-hydrogen) atoms. The van der Waals surface area contributed by atoms with E-state index >= 15 is 0 Å². The SMILES string of the molecule is CC(=O)OC(C)=O.CC(=O)c1ccc(O)cc1. The standard InChI is InChI=1S/C8H8O2.C4H6O3/c1-6(9)7-2-4-8(10)5-3-7;1-3(5)7-4(2)6/h2-5,10H,1H3;1-2H3. The number of hydrogen-bond acceptors (Lipinski definition) is 5. The number of carbonyl (C=O) groups excluding carboxylic acids is 3. The lowest BCUT2D eigenvalue weighted by Gasteiger charge is -1.93. The molecule has 0 aromatic heterocycles. The van der Waals surface area contributed by atoms with E-state index in [0.29, 0.717) is 5.56 Å². The number of benzene rings is 1. The van der Waals surface area contributed by atoms with Crippen molar-refractivity contribution in [3.05, 3.63) is 29.8 Å². The van der Waals surface area contributed by atoms with E-state index in [2.05, 4.69) is 4.74 Å². The number of aromatic hydroxyl groups is 1. The average molecular weight is 238 g/mol. The van der Waals surface area contributed by atoms with Gasteiger partial charge in [-0.3, -0.25) is 14.4 Å². The molecule has 1 N–H and O–H groups in total. The number of phenols is 1. The van der Waals surface area contributed by atoms with Crippen molar-refractivity contribution >= 4 is 17.7 Å². The third kappa shape index (κ3) is 7.72. The van der Waals surface area contributed by atoms with Crippen LogP contribution in [-0.2, 0) is 14.3 Å². The minimum atomic E-state index is -0.562. The summed E-state index contributed by atoms with van der Waals surface area (Å²) in [6, 6.07) is 6.18. The number of ketones is 1. The van der Waals surface area contributed by atoms with Gasteiger partial charge in [-0.2, -0.15) is 0 Å². The Hall–Kier alpha value is -2.17. The maximum atomic E-state index is 10.7. The van der Waals surface area contributed by atoms with E-state index < -0.39 is 11.9 Å². The van der Waals surface area contributed by atoms with Crippen LogP contribution in [0.3, 0.4) is 0 Å². The first-order valence-corrected chi connectivity index (χ1v) is 4.82. The molecule has 5 nitrogen and oxygen atoms in total. The number of Topliss-reactive ketones (excluding diaryl/α,β-unsaturated/α-hetero) is 1. The fraction of sp³-hybridized carbons (Fsp3) is 0.250. The molecule has 92 valence electrons. The third-order valence-corrected chi connectivity index (χ3v) is 1.56. The molecule has 0 saturated carbocycles. The van der Waals surface area contributed by atoms with Crippen LogP contribution in [0.5, 0.6) is 5.75 Å². The highest BCUT2D eigenvalue weighted by atomic mass is 16.6. The van der Waals surface area contributed by atoms with E-state index in [-0.39, 0.29) is 11.5 Å². The molecule has 1 rings (SSSR count). The van der Waals surface area contributed by atoms with Crippen LogP contribution >= 0.6 is 0 Å². The van der Waals surface area contributed by atoms with Gasteiger partial charge in [0.2, 0.25) is 0 Å². The molecule has 5 heteroatoms. The van der Waals surface area contributed by atoms with Gasteiger partial charge in [0.1, 0.15) is 5.75 Å². The largest absolute Gasteiger partial charge is 0.508 e. The highest BCUT2D eigenvalue weighted by Crippen LogP contribution is 2.09. The van der Waals surface area contributed by atoms with Crippen molar-refractivity contribution in [1.29, 1.82) is 0 Å². The first-order valence-electron chi connectivity index (χ1n) is 4.82. The van der Waals surface area contributed by atoms with E-state index in [1.54, 1.807) is 12.1 Å². The van der Waals surface area contributed by atoms with Crippen molar-refractivity contribution in [1.82, 2.24) is 0 Å². The van der Waals surface area contributed by atoms with E-state index in [0.717, 1.165) is 0 Å². The summed E-state index contributed by atoms with van der Waals surface area (Å²) >= 11 is 0. The van der Waals surface area contributed by atoms with Crippen LogP contribution in [0.25, 0.3) is 0 Å². The van der Waals surface area contributed by atoms with Crippen molar-refractivity contribution in [2.45, 2.75) is 20.8 Å². The zero-order chi connectivity index (χ0) is 13.4. The number of phenolic OH excluding ortho intramolecular Hbond substituents is 1. The zero-order valence-corrected chi connectivity index (χ0v) is 9.89. The first kappa shape index (κ1) is 14.8. The molecule has 0 unspecified atom stereocenters. The summed E-state index contributed by atoms with van der Waals surface area (Å²) in [5, 5.41) is 8.83. The maximum absolute atomic E-state index is 10.7. The van der Waals surface area contributed by atoms with Gasteiger partial charge in [-0.15, -0.1) is 0 Å². The fourth-order valence-corrected chi connectivity index (χ4v) is 0.899. The summed E-state index contributed by atoms with van der Waals surface area (Å²) in [6.45, 7) is 3.86. The summed E-state index contributed by atoms with van der Waals surface area (Å²) in [7, 11) is 0. The van der Waals surface area contributed by atoms with Crippen LogP contribution in [-0.4, -0.2) is 22.8 Å². The Bertz CT molecular complexity index is 393. The van der Waals surface area contributed by atoms with Crippen molar-refractivity contribution in [3.8, 4) is 5.75 Å². The highest BCUT2D eigenvalue weighted by Gasteiger charge is 1.96. The number of hydrogen-bond donors (Lipinski definition) is 1. The van der Waals surface area contributed by atoms with Crippen molar-refractivity contribution in [2.75, 3.05) is 0 Å². The Labute approximate surface area is 99.0 Å². The summed E-state index contributed by atoms with van der Waals surface area (Å²) in [6.07, 6.45) is 0. The Morgan fingerprint density at radius 2 is 1.35 bits per heavy atom. The summed E-state index contributed by atoms with van der Waals surface area (Å²) in [5.41, 5.74) is 0.623. The number of rotatable bonds is 1. The Kier molecular flexibility index (Phi) is 6.25. The van der Waals surface area contributed by atoms with Gasteiger partial charge in [-0.1, -0.05) is 0 Å². The second-order valence-electron chi connectivity index (χ2n) is 3.19. The molecule has 0 fully saturated rings. The number of ether oxygens (including phenoxy) is 1. The predicted molar refractivity (Wildman–Crippen MR) is 60.6 cm³/mol. The molecule has 0 saturated heterocycles. The smallest absolute Gasteiger partial charge is 0.310 e. The van der Waals surface area contributed by atoms with Gasteiger partial charge in [0, 0.05) is 19.4 Å². The van der Waals surface area contributed by atoms with Crippen LogP contribution in [0.1, 0.15) is 31.1 Å². The topological polar surface area (TPSA) is 80.7 Å². The van der Waals surface area contributed by atoms with E-state index in [9.17, 15) is 14.4 Å². The molecule has 1 aromatic carbocycles. The molecule has 0 aliphatic carbocycles. The van der Waals surface area contributed by atoms with Gasteiger partial charge in [0.25, 0.3) is 0 Å². The third-order valence-electron chi connectivity index (χ3n) is 1.56. The van der Waals surface area contributed by atoms with Gasteiger partial charge in [0.05, 0.1) is 0 Å². The Morgan fingerprint density at radius 1 is 0.941 bits per heavy atom. The summed E-state index contributed by atoms with van der Waals surface area (Å²) in [5.74, 6) is -0.926. The lowest BCUT2D eigenvalue weighted by molar-refractivity contribution is -0.156. The van der Waals surface area contributed by atoms with Crippen molar-refractivity contribution < 1.29 is 24.2 Å². The van der Waals surface area contributed by atoms with Crippen molar-refractivity contribution in [2.24, 2.45) is 0 Å². The monoisotopic (exact) mass is 238 g/mol. The number of carbonyl (C=O) groups is 3. The molecule has 0 heterocycles. The lowest BCUT2D eigenvalue weighted by atomic mass is 10.1. The normalized spacial score (nSPS) is 8.65. The molecule has 0 radical (unpaired) electrons.